The Hall–Kier alpha value is -2.02. The van der Waals surface area contributed by atoms with Crippen LogP contribution in [0.25, 0.3) is 0 Å². The molecule has 1 amide bonds. The maximum Gasteiger partial charge on any atom is 0.416 e. The second-order valence-corrected chi connectivity index (χ2v) is 7.28. The fourth-order valence-corrected chi connectivity index (χ4v) is 3.04. The van der Waals surface area contributed by atoms with Crippen LogP contribution in [-0.2, 0) is 11.0 Å². The van der Waals surface area contributed by atoms with Gasteiger partial charge in [0.25, 0.3) is 0 Å². The maximum absolute atomic E-state index is 12.7. The summed E-state index contributed by atoms with van der Waals surface area (Å²) < 4.78 is 45.1. The number of hydrogen-bond acceptors (Lipinski definition) is 2. The van der Waals surface area contributed by atoms with Gasteiger partial charge in [-0.25, -0.2) is 0 Å². The predicted octanol–water partition coefficient (Wildman–Crippen LogP) is 5.80. The summed E-state index contributed by atoms with van der Waals surface area (Å²) in [5.74, 6) is 0.406. The molecule has 3 nitrogen and oxygen atoms in total. The van der Waals surface area contributed by atoms with Gasteiger partial charge in [-0.15, -0.1) is 0 Å². The van der Waals surface area contributed by atoms with Gasteiger partial charge in [-0.2, -0.15) is 13.2 Å². The average Bonchev–Trinajstić information content (AvgIpc) is 3.32. The molecule has 0 unspecified atom stereocenters. The molecule has 1 aliphatic rings. The number of halogens is 4. The molecule has 0 bridgehead atoms. The van der Waals surface area contributed by atoms with Gasteiger partial charge in [0.1, 0.15) is 11.4 Å². The van der Waals surface area contributed by atoms with Crippen molar-refractivity contribution < 1.29 is 22.7 Å². The lowest BCUT2D eigenvalue weighted by Crippen LogP contribution is -2.22. The van der Waals surface area contributed by atoms with Crippen molar-refractivity contribution in [3.05, 3.63) is 58.6 Å². The molecule has 0 spiro atoms. The number of rotatable bonds is 6. The summed E-state index contributed by atoms with van der Waals surface area (Å²) in [7, 11) is 0. The van der Waals surface area contributed by atoms with Crippen molar-refractivity contribution in [3.8, 4) is 5.75 Å². The van der Waals surface area contributed by atoms with Crippen LogP contribution in [0, 0.1) is 0 Å². The number of alkyl halides is 3. The van der Waals surface area contributed by atoms with E-state index in [0.717, 1.165) is 35.2 Å². The lowest BCUT2D eigenvalue weighted by Gasteiger charge is -2.18. The Balaban J connectivity index is 1.54. The second-order valence-electron chi connectivity index (χ2n) is 6.37. The smallest absolute Gasteiger partial charge is 0.416 e. The summed E-state index contributed by atoms with van der Waals surface area (Å²) in [6, 6.07) is 12.1. The first-order valence-corrected chi connectivity index (χ1v) is 8.97. The highest BCUT2D eigenvalue weighted by atomic mass is 79.9. The van der Waals surface area contributed by atoms with Crippen molar-refractivity contribution in [2.75, 3.05) is 5.32 Å². The predicted molar refractivity (Wildman–Crippen MR) is 96.0 cm³/mol. The number of amides is 1. The number of carbonyl (C=O) groups is 1. The second kappa shape index (κ2) is 7.31. The monoisotopic (exact) mass is 427 g/mol. The normalized spacial score (nSPS) is 15.4. The summed E-state index contributed by atoms with van der Waals surface area (Å²) in [6.45, 7) is 0. The number of nitrogens with one attached hydrogen (secondary N) is 1. The highest BCUT2D eigenvalue weighted by molar-refractivity contribution is 9.10. The zero-order valence-corrected chi connectivity index (χ0v) is 15.4. The van der Waals surface area contributed by atoms with Crippen LogP contribution >= 0.6 is 15.9 Å². The van der Waals surface area contributed by atoms with Crippen LogP contribution in [0.1, 0.15) is 31.2 Å². The zero-order chi connectivity index (χ0) is 18.8. The molecule has 0 atom stereocenters. The minimum Gasteiger partial charge on any atom is -0.487 e. The van der Waals surface area contributed by atoms with E-state index in [1.165, 1.54) is 12.1 Å². The summed E-state index contributed by atoms with van der Waals surface area (Å²) in [5.41, 5.74) is -0.999. The third-order valence-corrected chi connectivity index (χ3v) is 4.71. The van der Waals surface area contributed by atoms with Crippen LogP contribution in [0.3, 0.4) is 0 Å². The molecule has 1 aliphatic carbocycles. The van der Waals surface area contributed by atoms with Crippen molar-refractivity contribution in [2.24, 2.45) is 0 Å². The quantitative estimate of drug-likeness (QED) is 0.632. The molecule has 0 saturated heterocycles. The van der Waals surface area contributed by atoms with Crippen molar-refractivity contribution in [3.63, 3.8) is 0 Å². The molecule has 0 radical (unpaired) electrons. The number of benzene rings is 2. The third-order valence-electron chi connectivity index (χ3n) is 4.22. The first-order valence-electron chi connectivity index (χ1n) is 8.18. The minimum absolute atomic E-state index is 0.141. The summed E-state index contributed by atoms with van der Waals surface area (Å²) in [5, 5.41) is 2.53. The minimum atomic E-state index is -4.43. The summed E-state index contributed by atoms with van der Waals surface area (Å²) in [6.07, 6.45) is -2.02. The summed E-state index contributed by atoms with van der Waals surface area (Å²) in [4.78, 5) is 12.1. The van der Waals surface area contributed by atoms with E-state index in [1.54, 1.807) is 0 Å². The topological polar surface area (TPSA) is 38.3 Å². The fraction of sp³-hybridized carbons (Fsp3) is 0.316. The van der Waals surface area contributed by atoms with Crippen LogP contribution in [-0.4, -0.2) is 11.5 Å². The van der Waals surface area contributed by atoms with E-state index >= 15 is 0 Å². The molecule has 2 aromatic carbocycles. The molecule has 2 aromatic rings. The van der Waals surface area contributed by atoms with Crippen molar-refractivity contribution >= 4 is 27.5 Å². The van der Waals surface area contributed by atoms with E-state index in [2.05, 4.69) is 21.2 Å². The molecule has 0 heterocycles. The van der Waals surface area contributed by atoms with E-state index in [9.17, 15) is 18.0 Å². The van der Waals surface area contributed by atoms with E-state index in [-0.39, 0.29) is 23.6 Å². The largest absolute Gasteiger partial charge is 0.487 e. The molecule has 1 fully saturated rings. The molecule has 0 aromatic heterocycles. The standard InChI is InChI=1S/C19H17BrF3NO2/c20-14-4-2-6-16(12-14)26-18(9-10-18)8-7-17(25)24-15-5-1-3-13(11-15)19(21,22)23/h1-6,11-12H,7-10H2,(H,24,25). The summed E-state index contributed by atoms with van der Waals surface area (Å²) >= 11 is 3.38. The van der Waals surface area contributed by atoms with Gasteiger partial charge in [0.15, 0.2) is 0 Å². The highest BCUT2D eigenvalue weighted by Crippen LogP contribution is 2.44. The lowest BCUT2D eigenvalue weighted by molar-refractivity contribution is -0.137. The molecule has 3 rings (SSSR count). The molecule has 1 N–H and O–H groups in total. The van der Waals surface area contributed by atoms with E-state index in [4.69, 9.17) is 4.74 Å². The Morgan fingerprint density at radius 3 is 2.54 bits per heavy atom. The van der Waals surface area contributed by atoms with Gasteiger partial charge in [-0.3, -0.25) is 4.79 Å². The van der Waals surface area contributed by atoms with Crippen LogP contribution in [0.2, 0.25) is 0 Å². The van der Waals surface area contributed by atoms with Gasteiger partial charge in [0.05, 0.1) is 5.56 Å². The third kappa shape index (κ3) is 5.00. The molecule has 7 heteroatoms. The van der Waals surface area contributed by atoms with Gasteiger partial charge < -0.3 is 10.1 Å². The molecular formula is C19H17BrF3NO2. The SMILES string of the molecule is O=C(CCC1(Oc2cccc(Br)c2)CC1)Nc1cccc(C(F)(F)F)c1. The van der Waals surface area contributed by atoms with E-state index in [0.29, 0.717) is 6.42 Å². The Morgan fingerprint density at radius 1 is 1.15 bits per heavy atom. The number of hydrogen-bond donors (Lipinski definition) is 1. The van der Waals surface area contributed by atoms with Crippen molar-refractivity contribution in [1.82, 2.24) is 0 Å². The maximum atomic E-state index is 12.7. The van der Waals surface area contributed by atoms with Gasteiger partial charge >= 0.3 is 6.18 Å². The van der Waals surface area contributed by atoms with Crippen molar-refractivity contribution in [1.29, 1.82) is 0 Å². The van der Waals surface area contributed by atoms with Gasteiger partial charge in [0.2, 0.25) is 5.91 Å². The first kappa shape index (κ1) is 18.8. The highest BCUT2D eigenvalue weighted by Gasteiger charge is 2.45. The Bertz CT molecular complexity index is 803. The number of carbonyl (C=O) groups excluding carboxylic acids is 1. The fourth-order valence-electron chi connectivity index (χ4n) is 2.66. The molecule has 1 saturated carbocycles. The number of anilines is 1. The molecule has 138 valence electrons. The van der Waals surface area contributed by atoms with Gasteiger partial charge in [-0.1, -0.05) is 28.1 Å². The Morgan fingerprint density at radius 2 is 1.88 bits per heavy atom. The average molecular weight is 428 g/mol. The molecule has 26 heavy (non-hydrogen) atoms. The van der Waals surface area contributed by atoms with Gasteiger partial charge in [-0.05, 0) is 55.7 Å². The Kier molecular flexibility index (Phi) is 5.27. The van der Waals surface area contributed by atoms with E-state index in [1.807, 2.05) is 24.3 Å². The molecular weight excluding hydrogens is 411 g/mol. The van der Waals surface area contributed by atoms with E-state index < -0.39 is 11.7 Å². The lowest BCUT2D eigenvalue weighted by atomic mass is 10.1. The zero-order valence-electron chi connectivity index (χ0n) is 13.8. The van der Waals surface area contributed by atoms with Crippen LogP contribution < -0.4 is 10.1 Å². The van der Waals surface area contributed by atoms with Crippen LogP contribution in [0.4, 0.5) is 18.9 Å². The number of ether oxygens (including phenoxy) is 1. The Labute approximate surface area is 157 Å². The van der Waals surface area contributed by atoms with Crippen LogP contribution in [0.5, 0.6) is 5.75 Å². The van der Waals surface area contributed by atoms with Crippen LogP contribution in [0.15, 0.2) is 53.0 Å². The first-order chi connectivity index (χ1) is 12.3. The van der Waals surface area contributed by atoms with Crippen molar-refractivity contribution in [2.45, 2.75) is 37.5 Å². The molecule has 0 aliphatic heterocycles. The van der Waals surface area contributed by atoms with Gasteiger partial charge in [0, 0.05) is 16.6 Å².